The van der Waals surface area contributed by atoms with Gasteiger partial charge in [-0.15, -0.1) is 11.3 Å². The molecule has 0 unspecified atom stereocenters. The Morgan fingerprint density at radius 3 is 1.67 bits per heavy atom. The first kappa shape index (κ1) is 10.3. The van der Waals surface area contributed by atoms with Crippen LogP contribution in [0.5, 0.6) is 0 Å². The summed E-state index contributed by atoms with van der Waals surface area (Å²) in [5, 5.41) is 2.78. The molecule has 0 fully saturated rings. The van der Waals surface area contributed by atoms with Crippen molar-refractivity contribution in [3.05, 3.63) is 43.5 Å². The second-order valence-corrected chi connectivity index (χ2v) is 6.68. The van der Waals surface area contributed by atoms with Crippen molar-refractivity contribution in [2.45, 2.75) is 0 Å². The van der Waals surface area contributed by atoms with Gasteiger partial charge in [0.25, 0.3) is 0 Å². The van der Waals surface area contributed by atoms with Gasteiger partial charge in [-0.25, -0.2) is 0 Å². The zero-order valence-electron chi connectivity index (χ0n) is 7.63. The van der Waals surface area contributed by atoms with Crippen molar-refractivity contribution in [3.63, 3.8) is 0 Å². The van der Waals surface area contributed by atoms with E-state index >= 15 is 0 Å². The Bertz CT molecular complexity index is 599. The van der Waals surface area contributed by atoms with E-state index in [1.807, 2.05) is 11.3 Å². The van der Waals surface area contributed by atoms with E-state index < -0.39 is 0 Å². The highest BCUT2D eigenvalue weighted by Crippen LogP contribution is 2.38. The molecule has 3 rings (SSSR count). The SMILES string of the molecule is Ic1cccc2c1sc1c(I)cccc12. The van der Waals surface area contributed by atoms with E-state index in [4.69, 9.17) is 0 Å². The average Bonchev–Trinajstić information content (AvgIpc) is 2.60. The number of benzene rings is 2. The summed E-state index contributed by atoms with van der Waals surface area (Å²) >= 11 is 6.73. The van der Waals surface area contributed by atoms with Gasteiger partial charge in [-0.05, 0) is 57.3 Å². The molecule has 15 heavy (non-hydrogen) atoms. The Balaban J connectivity index is 2.63. The summed E-state index contributed by atoms with van der Waals surface area (Å²) in [6, 6.07) is 13.0. The van der Waals surface area contributed by atoms with Crippen molar-refractivity contribution in [2.24, 2.45) is 0 Å². The summed E-state index contributed by atoms with van der Waals surface area (Å²) in [4.78, 5) is 0. The maximum Gasteiger partial charge on any atom is 0.0489 e. The van der Waals surface area contributed by atoms with Gasteiger partial charge < -0.3 is 0 Å². The van der Waals surface area contributed by atoms with E-state index in [9.17, 15) is 0 Å². The Labute approximate surface area is 119 Å². The Morgan fingerprint density at radius 2 is 1.20 bits per heavy atom. The molecule has 0 spiro atoms. The first-order valence-electron chi connectivity index (χ1n) is 4.52. The van der Waals surface area contributed by atoms with Crippen molar-refractivity contribution in [1.29, 1.82) is 0 Å². The highest BCUT2D eigenvalue weighted by atomic mass is 127. The number of thiophene rings is 1. The fourth-order valence-electron chi connectivity index (χ4n) is 1.75. The lowest BCUT2D eigenvalue weighted by Crippen LogP contribution is -1.70. The monoisotopic (exact) mass is 436 g/mol. The van der Waals surface area contributed by atoms with Gasteiger partial charge in [0.1, 0.15) is 0 Å². The number of hydrogen-bond acceptors (Lipinski definition) is 1. The lowest BCUT2D eigenvalue weighted by Gasteiger charge is -1.93. The van der Waals surface area contributed by atoms with Gasteiger partial charge in [-0.1, -0.05) is 24.3 Å². The van der Waals surface area contributed by atoms with Gasteiger partial charge in [-0.2, -0.15) is 0 Å². The second kappa shape index (κ2) is 3.85. The Kier molecular flexibility index (Phi) is 2.64. The fourth-order valence-corrected chi connectivity index (χ4v) is 4.52. The molecule has 74 valence electrons. The highest BCUT2D eigenvalue weighted by molar-refractivity contribution is 14.1. The molecule has 1 heterocycles. The predicted molar refractivity (Wildman–Crippen MR) is 84.8 cm³/mol. The van der Waals surface area contributed by atoms with Gasteiger partial charge >= 0.3 is 0 Å². The first-order valence-corrected chi connectivity index (χ1v) is 7.50. The average molecular weight is 436 g/mol. The highest BCUT2D eigenvalue weighted by Gasteiger charge is 2.08. The van der Waals surface area contributed by atoms with Crippen LogP contribution >= 0.6 is 56.5 Å². The minimum absolute atomic E-state index is 1.35. The molecule has 3 aromatic rings. The molecular weight excluding hydrogens is 430 g/mol. The summed E-state index contributed by atoms with van der Waals surface area (Å²) < 4.78 is 5.53. The topological polar surface area (TPSA) is 0 Å². The summed E-state index contributed by atoms with van der Waals surface area (Å²) in [5.41, 5.74) is 0. The largest absolute Gasteiger partial charge is 0.133 e. The van der Waals surface area contributed by atoms with Crippen LogP contribution in [-0.2, 0) is 0 Å². The minimum atomic E-state index is 1.35. The predicted octanol–water partition coefficient (Wildman–Crippen LogP) is 5.26. The maximum atomic E-state index is 2.41. The van der Waals surface area contributed by atoms with E-state index in [1.165, 1.54) is 27.3 Å². The molecule has 0 amide bonds. The van der Waals surface area contributed by atoms with Crippen LogP contribution in [0.3, 0.4) is 0 Å². The smallest absolute Gasteiger partial charge is 0.0489 e. The molecule has 0 atom stereocenters. The molecule has 0 nitrogen and oxygen atoms in total. The molecule has 0 bridgehead atoms. The molecule has 0 saturated carbocycles. The van der Waals surface area contributed by atoms with Crippen molar-refractivity contribution < 1.29 is 0 Å². The standard InChI is InChI=1S/C12H6I2S/c13-9-5-1-3-7-8-4-2-6-10(14)12(8)15-11(7)9/h1-6H. The summed E-state index contributed by atoms with van der Waals surface area (Å²) in [6.45, 7) is 0. The molecule has 0 aliphatic carbocycles. The normalized spacial score (nSPS) is 11.3. The van der Waals surface area contributed by atoms with Crippen LogP contribution < -0.4 is 0 Å². The van der Waals surface area contributed by atoms with Crippen molar-refractivity contribution in [2.75, 3.05) is 0 Å². The van der Waals surface area contributed by atoms with Crippen LogP contribution in [-0.4, -0.2) is 0 Å². The molecule has 3 heteroatoms. The van der Waals surface area contributed by atoms with Gasteiger partial charge in [-0.3, -0.25) is 0 Å². The third kappa shape index (κ3) is 1.59. The van der Waals surface area contributed by atoms with Crippen LogP contribution in [0.15, 0.2) is 36.4 Å². The van der Waals surface area contributed by atoms with Crippen LogP contribution in [0.1, 0.15) is 0 Å². The van der Waals surface area contributed by atoms with E-state index in [0.29, 0.717) is 0 Å². The second-order valence-electron chi connectivity index (χ2n) is 3.34. The summed E-state index contributed by atoms with van der Waals surface area (Å²) in [5.74, 6) is 0. The Hall–Kier alpha value is 0.120. The molecular formula is C12H6I2S. The molecule has 0 aliphatic rings. The van der Waals surface area contributed by atoms with E-state index in [0.717, 1.165) is 0 Å². The van der Waals surface area contributed by atoms with Crippen LogP contribution in [0.2, 0.25) is 0 Å². The molecule has 2 aromatic carbocycles. The molecule has 0 radical (unpaired) electrons. The van der Waals surface area contributed by atoms with E-state index in [2.05, 4.69) is 81.6 Å². The van der Waals surface area contributed by atoms with Crippen molar-refractivity contribution in [3.8, 4) is 0 Å². The van der Waals surface area contributed by atoms with Crippen molar-refractivity contribution >= 4 is 76.7 Å². The van der Waals surface area contributed by atoms with E-state index in [1.54, 1.807) is 0 Å². The first-order chi connectivity index (χ1) is 7.27. The zero-order valence-corrected chi connectivity index (χ0v) is 12.8. The zero-order chi connectivity index (χ0) is 10.4. The van der Waals surface area contributed by atoms with Gasteiger partial charge in [0.15, 0.2) is 0 Å². The van der Waals surface area contributed by atoms with E-state index in [-0.39, 0.29) is 0 Å². The lowest BCUT2D eigenvalue weighted by atomic mass is 10.2. The number of halogens is 2. The number of hydrogen-bond donors (Lipinski definition) is 0. The third-order valence-corrected chi connectivity index (χ3v) is 6.25. The summed E-state index contributed by atoms with van der Waals surface area (Å²) in [6.07, 6.45) is 0. The Morgan fingerprint density at radius 1 is 0.733 bits per heavy atom. The van der Waals surface area contributed by atoms with Crippen LogP contribution in [0.4, 0.5) is 0 Å². The summed E-state index contributed by atoms with van der Waals surface area (Å²) in [7, 11) is 0. The quantitative estimate of drug-likeness (QED) is 0.422. The molecule has 0 N–H and O–H groups in total. The van der Waals surface area contributed by atoms with Crippen LogP contribution in [0.25, 0.3) is 20.2 Å². The third-order valence-electron chi connectivity index (χ3n) is 2.43. The molecule has 1 aromatic heterocycles. The van der Waals surface area contributed by atoms with Gasteiger partial charge in [0.2, 0.25) is 0 Å². The molecule has 0 aliphatic heterocycles. The maximum absolute atomic E-state index is 2.41. The van der Waals surface area contributed by atoms with Gasteiger partial charge in [0.05, 0.1) is 0 Å². The molecule has 0 saturated heterocycles. The fraction of sp³-hybridized carbons (Fsp3) is 0. The lowest BCUT2D eigenvalue weighted by molar-refractivity contribution is 1.78. The van der Waals surface area contributed by atoms with Crippen molar-refractivity contribution in [1.82, 2.24) is 0 Å². The van der Waals surface area contributed by atoms with Gasteiger partial charge in [0, 0.05) is 27.3 Å². The van der Waals surface area contributed by atoms with Crippen LogP contribution in [0, 0.1) is 7.14 Å². The number of fused-ring (bicyclic) bond motifs is 3. The number of rotatable bonds is 0. The minimum Gasteiger partial charge on any atom is -0.133 e.